The molecule has 6 nitrogen and oxygen atoms in total. The molecule has 0 aliphatic heterocycles. The van der Waals surface area contributed by atoms with Crippen molar-refractivity contribution in [2.75, 3.05) is 0 Å². The van der Waals surface area contributed by atoms with Crippen molar-refractivity contribution in [3.63, 3.8) is 0 Å². The second-order valence-electron chi connectivity index (χ2n) is 14.6. The van der Waals surface area contributed by atoms with Gasteiger partial charge in [0.05, 0.1) is 9.79 Å². The van der Waals surface area contributed by atoms with Gasteiger partial charge in [-0.25, -0.2) is 16.8 Å². The van der Waals surface area contributed by atoms with Crippen molar-refractivity contribution in [2.24, 2.45) is 0 Å². The Morgan fingerprint density at radius 1 is 0.426 bits per heavy atom. The number of hydrogen-bond acceptors (Lipinski definition) is 8. The summed E-state index contributed by atoms with van der Waals surface area (Å²) in [5.74, 6) is 0. The predicted octanol–water partition coefficient (Wildman–Crippen LogP) is 11.6. The average Bonchev–Trinajstić information content (AvgIpc) is 3.10. The first-order valence-corrected chi connectivity index (χ1v) is 22.9. The summed E-state index contributed by atoms with van der Waals surface area (Å²) < 4.78 is 54.2. The first-order valence-electron chi connectivity index (χ1n) is 18.3. The monoisotopic (exact) mass is 806 g/mol. The van der Waals surface area contributed by atoms with E-state index < -0.39 is 19.7 Å². The minimum absolute atomic E-state index is 0.201. The molecule has 0 radical (unpaired) electrons. The lowest BCUT2D eigenvalue weighted by atomic mass is 10.2. The fourth-order valence-corrected chi connectivity index (χ4v) is 10.8. The molecule has 0 saturated carbocycles. The summed E-state index contributed by atoms with van der Waals surface area (Å²) in [6.07, 6.45) is 3.60. The van der Waals surface area contributed by atoms with Crippen molar-refractivity contribution >= 4 is 43.2 Å². The number of rotatable bonds is 14. The zero-order valence-electron chi connectivity index (χ0n) is 33.9. The summed E-state index contributed by atoms with van der Waals surface area (Å²) in [6.45, 7) is 24.5. The molecular weight excluding hydrogens is 749 g/mol. The van der Waals surface area contributed by atoms with Gasteiger partial charge in [0.25, 0.3) is 0 Å². The Labute approximate surface area is 335 Å². The van der Waals surface area contributed by atoms with Crippen LogP contribution in [-0.2, 0) is 19.7 Å². The largest absolute Gasteiger partial charge is 0.371 e. The van der Waals surface area contributed by atoms with Gasteiger partial charge in [-0.05, 0) is 132 Å². The Hall–Kier alpha value is -3.44. The molecule has 0 aliphatic carbocycles. The van der Waals surface area contributed by atoms with Crippen molar-refractivity contribution in [3.8, 4) is 0 Å². The van der Waals surface area contributed by atoms with Crippen molar-refractivity contribution in [2.45, 2.75) is 127 Å². The van der Waals surface area contributed by atoms with Crippen LogP contribution in [0.3, 0.4) is 0 Å². The van der Waals surface area contributed by atoms with E-state index in [9.17, 15) is 16.8 Å². The molecule has 54 heavy (non-hydrogen) atoms. The van der Waals surface area contributed by atoms with Gasteiger partial charge in [0, 0.05) is 46.4 Å². The highest BCUT2D eigenvalue weighted by molar-refractivity contribution is 8.19. The molecule has 0 aromatic heterocycles. The maximum Gasteiger partial charge on any atom is 0.214 e. The van der Waals surface area contributed by atoms with E-state index in [4.69, 9.17) is 0 Å². The van der Waals surface area contributed by atoms with Gasteiger partial charge < -0.3 is 9.80 Å². The summed E-state index contributed by atoms with van der Waals surface area (Å²) in [4.78, 5) is 6.65. The number of sulfone groups is 2. The highest BCUT2D eigenvalue weighted by atomic mass is 32.3. The normalized spacial score (nSPS) is 12.7. The summed E-state index contributed by atoms with van der Waals surface area (Å²) in [7, 11) is -7.21. The molecule has 0 saturated heterocycles. The van der Waals surface area contributed by atoms with Crippen LogP contribution in [0.25, 0.3) is 0 Å². The fourth-order valence-electron chi connectivity index (χ4n) is 5.45. The van der Waals surface area contributed by atoms with Gasteiger partial charge >= 0.3 is 0 Å². The topological polar surface area (TPSA) is 74.8 Å². The van der Waals surface area contributed by atoms with Gasteiger partial charge in [-0.1, -0.05) is 94.3 Å². The van der Waals surface area contributed by atoms with E-state index in [-0.39, 0.29) is 24.2 Å². The van der Waals surface area contributed by atoms with E-state index in [1.165, 1.54) is 23.5 Å². The fraction of sp³-hybridized carbons (Fsp3) is 0.364. The van der Waals surface area contributed by atoms with Crippen molar-refractivity contribution < 1.29 is 16.8 Å². The maximum atomic E-state index is 13.4. The van der Waals surface area contributed by atoms with Crippen LogP contribution in [0.2, 0.25) is 0 Å². The van der Waals surface area contributed by atoms with Crippen LogP contribution in [-0.4, -0.2) is 50.8 Å². The maximum absolute atomic E-state index is 13.4. The molecule has 0 bridgehead atoms. The summed E-state index contributed by atoms with van der Waals surface area (Å²) in [5.41, 5.74) is 4.38. The minimum Gasteiger partial charge on any atom is -0.371 e. The summed E-state index contributed by atoms with van der Waals surface area (Å²) in [6, 6.07) is 30.8. The van der Waals surface area contributed by atoms with Gasteiger partial charge in [-0.2, -0.15) is 0 Å². The third kappa shape index (κ3) is 12.8. The van der Waals surface area contributed by atoms with Crippen LogP contribution in [0.5, 0.6) is 0 Å². The molecule has 0 fully saturated rings. The molecule has 0 unspecified atom stereocenters. The van der Waals surface area contributed by atoms with Crippen LogP contribution in [0.1, 0.15) is 77.6 Å². The molecule has 292 valence electrons. The lowest BCUT2D eigenvalue weighted by Crippen LogP contribution is -2.32. The van der Waals surface area contributed by atoms with E-state index in [0.29, 0.717) is 18.3 Å². The Morgan fingerprint density at radius 2 is 0.648 bits per heavy atom. The average molecular weight is 807 g/mol. The lowest BCUT2D eigenvalue weighted by Gasteiger charge is -2.30. The van der Waals surface area contributed by atoms with E-state index in [1.807, 2.05) is 100 Å². The number of thioether (sulfide) groups is 2. The minimum atomic E-state index is -3.61. The van der Waals surface area contributed by atoms with Gasteiger partial charge in [-0.3, -0.25) is 0 Å². The first-order chi connectivity index (χ1) is 25.2. The van der Waals surface area contributed by atoms with E-state index in [1.54, 1.807) is 36.7 Å². The molecule has 0 aliphatic rings. The first kappa shape index (κ1) is 45.0. The van der Waals surface area contributed by atoms with Crippen LogP contribution >= 0.6 is 23.5 Å². The van der Waals surface area contributed by atoms with Gasteiger partial charge in [-0.15, -0.1) is 0 Å². The second kappa shape index (κ2) is 19.9. The van der Waals surface area contributed by atoms with Crippen LogP contribution < -0.4 is 0 Å². The molecule has 0 heterocycles. The highest BCUT2D eigenvalue weighted by Crippen LogP contribution is 2.37. The Kier molecular flexibility index (Phi) is 16.6. The van der Waals surface area contributed by atoms with Gasteiger partial charge in [0.2, 0.25) is 19.7 Å². The number of nitrogens with zero attached hydrogens (tertiary/aromatic N) is 2. The standard InChI is InChI=1S/2C22H29NO2S2/c2*1-16(2)23(17(3)4)15-22(26-20-11-7-18(5)8-12-20)27(24,25)21-13-9-19(6)10-14-21/h2*7-17H,1-6H3/b2*22-15+. The zero-order valence-corrected chi connectivity index (χ0v) is 37.1. The van der Waals surface area contributed by atoms with Crippen LogP contribution in [0.15, 0.2) is 138 Å². The SMILES string of the molecule is Cc1ccc(S/C(=C\N(C(C)C)C(C)C)S(=O)(=O)c2ccc(C)cc2)cc1.Cc1ccc(S/C(=C\N(C(C)C)C(C)C)S(=O)(=O)c2ccc(C)cc2)cc1. The molecular formula is C44H58N2O4S4. The van der Waals surface area contributed by atoms with Gasteiger partial charge in [0.15, 0.2) is 0 Å². The third-order valence-corrected chi connectivity index (χ3v) is 15.1. The summed E-state index contributed by atoms with van der Waals surface area (Å²) in [5, 5.41) is 0. The van der Waals surface area contributed by atoms with Crippen molar-refractivity contribution in [1.82, 2.24) is 9.80 Å². The number of aryl methyl sites for hydroxylation is 4. The molecule has 4 aromatic rings. The Balaban J connectivity index is 0.000000290. The smallest absolute Gasteiger partial charge is 0.214 e. The molecule has 4 aromatic carbocycles. The van der Waals surface area contributed by atoms with Crippen molar-refractivity contribution in [3.05, 3.63) is 140 Å². The molecule has 0 amide bonds. The van der Waals surface area contributed by atoms with E-state index in [2.05, 4.69) is 65.2 Å². The molecule has 0 atom stereocenters. The van der Waals surface area contributed by atoms with Crippen LogP contribution in [0.4, 0.5) is 0 Å². The van der Waals surface area contributed by atoms with E-state index in [0.717, 1.165) is 32.0 Å². The molecule has 0 N–H and O–H groups in total. The Bertz CT molecular complexity index is 1900. The predicted molar refractivity (Wildman–Crippen MR) is 231 cm³/mol. The highest BCUT2D eigenvalue weighted by Gasteiger charge is 2.26. The van der Waals surface area contributed by atoms with Crippen molar-refractivity contribution in [1.29, 1.82) is 0 Å². The second-order valence-corrected chi connectivity index (χ2v) is 21.2. The Morgan fingerprint density at radius 3 is 0.870 bits per heavy atom. The van der Waals surface area contributed by atoms with Gasteiger partial charge in [0.1, 0.15) is 8.47 Å². The zero-order chi connectivity index (χ0) is 40.4. The van der Waals surface area contributed by atoms with Crippen LogP contribution in [0, 0.1) is 27.7 Å². The van der Waals surface area contributed by atoms with E-state index >= 15 is 0 Å². The molecule has 10 heteroatoms. The number of benzene rings is 4. The lowest BCUT2D eigenvalue weighted by molar-refractivity contribution is 0.256. The molecule has 4 rings (SSSR count). The molecule has 0 spiro atoms. The quantitative estimate of drug-likeness (QED) is 0.117. The third-order valence-electron chi connectivity index (χ3n) is 8.57. The number of hydrogen-bond donors (Lipinski definition) is 0. The summed E-state index contributed by atoms with van der Waals surface area (Å²) >= 11 is 2.60.